The predicted molar refractivity (Wildman–Crippen MR) is 126 cm³/mol. The second-order valence-corrected chi connectivity index (χ2v) is 7.84. The molecule has 0 atom stereocenters. The molecule has 0 bridgehead atoms. The van der Waals surface area contributed by atoms with Gasteiger partial charge in [0.05, 0.1) is 27.0 Å². The van der Waals surface area contributed by atoms with Gasteiger partial charge >= 0.3 is 0 Å². The van der Waals surface area contributed by atoms with Gasteiger partial charge in [0.2, 0.25) is 5.75 Å². The van der Waals surface area contributed by atoms with Crippen molar-refractivity contribution in [2.75, 3.05) is 52.4 Å². The lowest BCUT2D eigenvalue weighted by Gasteiger charge is -2.35. The van der Waals surface area contributed by atoms with Gasteiger partial charge in [-0.25, -0.2) is 0 Å². The maximum absolute atomic E-state index is 13.1. The summed E-state index contributed by atoms with van der Waals surface area (Å²) >= 11 is 0. The minimum atomic E-state index is -0.0743. The average Bonchev–Trinajstić information content (AvgIpc) is 2.88. The third kappa shape index (κ3) is 4.69. The van der Waals surface area contributed by atoms with Crippen molar-refractivity contribution in [1.82, 2.24) is 15.1 Å². The van der Waals surface area contributed by atoms with Gasteiger partial charge in [-0.05, 0) is 31.2 Å². The number of methoxy groups -OCH3 is 3. The van der Waals surface area contributed by atoms with Gasteiger partial charge in [0.15, 0.2) is 17.3 Å². The number of nitrogens with zero attached hydrogens (tertiary/aromatic N) is 4. The third-order valence-electron chi connectivity index (χ3n) is 5.80. The van der Waals surface area contributed by atoms with Crippen LogP contribution in [0.15, 0.2) is 48.5 Å². The van der Waals surface area contributed by atoms with E-state index in [1.807, 2.05) is 29.2 Å². The number of piperazine rings is 1. The predicted octanol–water partition coefficient (Wildman–Crippen LogP) is 3.44. The fourth-order valence-electron chi connectivity index (χ4n) is 3.90. The van der Waals surface area contributed by atoms with Gasteiger partial charge < -0.3 is 24.0 Å². The topological polar surface area (TPSA) is 77.0 Å². The summed E-state index contributed by atoms with van der Waals surface area (Å²) in [6, 6.07) is 15.6. The molecule has 1 aromatic heterocycles. The van der Waals surface area contributed by atoms with Gasteiger partial charge in [0.25, 0.3) is 5.91 Å². The van der Waals surface area contributed by atoms with Crippen LogP contribution < -0.4 is 19.1 Å². The average molecular weight is 449 g/mol. The second-order valence-electron chi connectivity index (χ2n) is 7.84. The lowest BCUT2D eigenvalue weighted by molar-refractivity contribution is 0.0745. The molecule has 0 saturated carbocycles. The SMILES string of the molecule is COc1cc(C(=O)N2CCN(c3ccc(-c4ccc(C)cc4)nn3)CC2)cc(OC)c1OC. The minimum absolute atomic E-state index is 0.0743. The molecule has 2 aromatic carbocycles. The Hall–Kier alpha value is -3.81. The fourth-order valence-corrected chi connectivity index (χ4v) is 3.90. The fraction of sp³-hybridized carbons (Fsp3) is 0.320. The molecule has 2 heterocycles. The number of aryl methyl sites for hydroxylation is 1. The van der Waals surface area contributed by atoms with Crippen LogP contribution in [0.4, 0.5) is 5.82 Å². The van der Waals surface area contributed by atoms with E-state index in [0.29, 0.717) is 49.0 Å². The molecule has 0 spiro atoms. The molecule has 8 nitrogen and oxygen atoms in total. The van der Waals surface area contributed by atoms with Crippen LogP contribution >= 0.6 is 0 Å². The molecule has 172 valence electrons. The number of benzene rings is 2. The minimum Gasteiger partial charge on any atom is -0.493 e. The Morgan fingerprint density at radius 1 is 0.818 bits per heavy atom. The highest BCUT2D eigenvalue weighted by molar-refractivity contribution is 5.95. The molecule has 1 aliphatic rings. The van der Waals surface area contributed by atoms with Gasteiger partial charge in [-0.1, -0.05) is 29.8 Å². The molecular formula is C25H28N4O4. The van der Waals surface area contributed by atoms with Crippen molar-refractivity contribution in [3.8, 4) is 28.5 Å². The number of hydrogen-bond donors (Lipinski definition) is 0. The number of hydrogen-bond acceptors (Lipinski definition) is 7. The highest BCUT2D eigenvalue weighted by Gasteiger charge is 2.25. The van der Waals surface area contributed by atoms with E-state index in [9.17, 15) is 4.79 Å². The molecule has 33 heavy (non-hydrogen) atoms. The van der Waals surface area contributed by atoms with Gasteiger partial charge in [-0.2, -0.15) is 0 Å². The lowest BCUT2D eigenvalue weighted by atomic mass is 10.1. The quantitative estimate of drug-likeness (QED) is 0.572. The van der Waals surface area contributed by atoms with E-state index in [4.69, 9.17) is 14.2 Å². The summed E-state index contributed by atoms with van der Waals surface area (Å²) in [6.45, 7) is 4.57. The number of carbonyl (C=O) groups is 1. The molecule has 0 radical (unpaired) electrons. The van der Waals surface area contributed by atoms with E-state index < -0.39 is 0 Å². The zero-order chi connectivity index (χ0) is 23.4. The van der Waals surface area contributed by atoms with Crippen LogP contribution in [0.2, 0.25) is 0 Å². The number of aromatic nitrogens is 2. The summed E-state index contributed by atoms with van der Waals surface area (Å²) < 4.78 is 16.1. The number of carbonyl (C=O) groups excluding carboxylic acids is 1. The molecule has 0 unspecified atom stereocenters. The van der Waals surface area contributed by atoms with Crippen LogP contribution in [0, 0.1) is 6.92 Å². The van der Waals surface area contributed by atoms with E-state index >= 15 is 0 Å². The Labute approximate surface area is 193 Å². The van der Waals surface area contributed by atoms with Crippen LogP contribution in [0.25, 0.3) is 11.3 Å². The zero-order valence-corrected chi connectivity index (χ0v) is 19.4. The number of amides is 1. The highest BCUT2D eigenvalue weighted by atomic mass is 16.5. The smallest absolute Gasteiger partial charge is 0.254 e. The van der Waals surface area contributed by atoms with Crippen molar-refractivity contribution in [2.24, 2.45) is 0 Å². The Kier molecular flexibility index (Phi) is 6.63. The molecule has 1 fully saturated rings. The van der Waals surface area contributed by atoms with Gasteiger partial charge in [0, 0.05) is 37.3 Å². The van der Waals surface area contributed by atoms with Crippen molar-refractivity contribution in [2.45, 2.75) is 6.92 Å². The van der Waals surface area contributed by atoms with Gasteiger partial charge in [0.1, 0.15) is 0 Å². The van der Waals surface area contributed by atoms with E-state index in [1.165, 1.54) is 26.9 Å². The summed E-state index contributed by atoms with van der Waals surface area (Å²) in [6.07, 6.45) is 0. The zero-order valence-electron chi connectivity index (χ0n) is 19.4. The van der Waals surface area contributed by atoms with Crippen LogP contribution in [0.1, 0.15) is 15.9 Å². The molecule has 1 saturated heterocycles. The van der Waals surface area contributed by atoms with Crippen molar-refractivity contribution in [3.63, 3.8) is 0 Å². The monoisotopic (exact) mass is 448 g/mol. The molecule has 0 aliphatic carbocycles. The second kappa shape index (κ2) is 9.77. The van der Waals surface area contributed by atoms with Crippen molar-refractivity contribution in [1.29, 1.82) is 0 Å². The van der Waals surface area contributed by atoms with Crippen LogP contribution in [-0.4, -0.2) is 68.5 Å². The number of rotatable bonds is 6. The molecule has 8 heteroatoms. The Morgan fingerprint density at radius 2 is 1.45 bits per heavy atom. The largest absolute Gasteiger partial charge is 0.493 e. The van der Waals surface area contributed by atoms with Gasteiger partial charge in [-0.15, -0.1) is 10.2 Å². The van der Waals surface area contributed by atoms with E-state index in [1.54, 1.807) is 12.1 Å². The maximum Gasteiger partial charge on any atom is 0.254 e. The van der Waals surface area contributed by atoms with Crippen molar-refractivity contribution in [3.05, 3.63) is 59.7 Å². The molecular weight excluding hydrogens is 420 g/mol. The highest BCUT2D eigenvalue weighted by Crippen LogP contribution is 2.38. The normalized spacial score (nSPS) is 13.6. The van der Waals surface area contributed by atoms with Crippen LogP contribution in [0.5, 0.6) is 17.2 Å². The van der Waals surface area contributed by atoms with Crippen molar-refractivity contribution >= 4 is 11.7 Å². The van der Waals surface area contributed by atoms with Crippen molar-refractivity contribution < 1.29 is 19.0 Å². The number of anilines is 1. The first-order valence-electron chi connectivity index (χ1n) is 10.8. The van der Waals surface area contributed by atoms with E-state index in [2.05, 4.69) is 34.2 Å². The standard InChI is InChI=1S/C25H28N4O4/c1-17-5-7-18(8-6-17)20-9-10-23(27-26-20)28-11-13-29(14-12-28)25(30)19-15-21(31-2)24(33-4)22(16-19)32-3/h5-10,15-16H,11-14H2,1-4H3. The third-order valence-corrected chi connectivity index (χ3v) is 5.80. The summed E-state index contributed by atoms with van der Waals surface area (Å²) in [5, 5.41) is 8.82. The first kappa shape index (κ1) is 22.4. The van der Waals surface area contributed by atoms with E-state index in [-0.39, 0.29) is 5.91 Å². The Bertz CT molecular complexity index is 1080. The molecule has 3 aromatic rings. The molecule has 0 N–H and O–H groups in total. The Morgan fingerprint density at radius 3 is 1.97 bits per heavy atom. The summed E-state index contributed by atoms with van der Waals surface area (Å²) in [7, 11) is 4.61. The van der Waals surface area contributed by atoms with E-state index in [0.717, 1.165) is 17.1 Å². The van der Waals surface area contributed by atoms with Crippen LogP contribution in [0.3, 0.4) is 0 Å². The van der Waals surface area contributed by atoms with Crippen LogP contribution in [-0.2, 0) is 0 Å². The lowest BCUT2D eigenvalue weighted by Crippen LogP contribution is -2.49. The molecule has 1 amide bonds. The molecule has 1 aliphatic heterocycles. The maximum atomic E-state index is 13.1. The summed E-state index contributed by atoms with van der Waals surface area (Å²) in [5.74, 6) is 2.13. The first-order valence-corrected chi connectivity index (χ1v) is 10.8. The summed E-state index contributed by atoms with van der Waals surface area (Å²) in [5.41, 5.74) is 3.60. The molecule has 4 rings (SSSR count). The summed E-state index contributed by atoms with van der Waals surface area (Å²) in [4.78, 5) is 17.1. The first-order chi connectivity index (χ1) is 16.0. The number of ether oxygens (including phenoxy) is 3. The Balaban J connectivity index is 1.42. The van der Waals surface area contributed by atoms with Gasteiger partial charge in [-0.3, -0.25) is 4.79 Å².